The lowest BCUT2D eigenvalue weighted by Crippen LogP contribution is -2.16. The molecular weight excluding hydrogens is 257 g/mol. The Kier molecular flexibility index (Phi) is 5.68. The smallest absolute Gasteiger partial charge is 0.220 e. The summed E-state index contributed by atoms with van der Waals surface area (Å²) in [5.41, 5.74) is 0.964. The van der Waals surface area contributed by atoms with E-state index in [0.29, 0.717) is 18.2 Å². The maximum Gasteiger partial charge on any atom is 0.220 e. The van der Waals surface area contributed by atoms with Gasteiger partial charge in [-0.3, -0.25) is 0 Å². The third kappa shape index (κ3) is 4.74. The van der Waals surface area contributed by atoms with Crippen molar-refractivity contribution >= 4 is 0 Å². The minimum atomic E-state index is -0.237. The van der Waals surface area contributed by atoms with Gasteiger partial charge in [0, 0.05) is 6.42 Å². The topological polar surface area (TPSA) is 51.0 Å². The highest BCUT2D eigenvalue weighted by atomic mass is 19.1. The van der Waals surface area contributed by atoms with Gasteiger partial charge in [0.15, 0.2) is 0 Å². The summed E-state index contributed by atoms with van der Waals surface area (Å²) in [6.07, 6.45) is 3.45. The highest BCUT2D eigenvalue weighted by Gasteiger charge is 2.06. The number of nitrogens with one attached hydrogen (secondary N) is 1. The molecule has 0 aliphatic heterocycles. The number of hydrogen-bond donors (Lipinski definition) is 1. The molecule has 4 nitrogen and oxygen atoms in total. The highest BCUT2D eigenvalue weighted by molar-refractivity contribution is 5.18. The van der Waals surface area contributed by atoms with E-state index in [2.05, 4.69) is 22.4 Å². The van der Waals surface area contributed by atoms with Crippen LogP contribution in [0.2, 0.25) is 0 Å². The van der Waals surface area contributed by atoms with Crippen LogP contribution >= 0.6 is 0 Å². The maximum absolute atomic E-state index is 12.8. The number of hydrogen-bond acceptors (Lipinski definition) is 4. The third-order valence-corrected chi connectivity index (χ3v) is 2.95. The average Bonchev–Trinajstić information content (AvgIpc) is 2.89. The zero-order chi connectivity index (χ0) is 14.2. The lowest BCUT2D eigenvalue weighted by molar-refractivity contribution is 0.449. The lowest BCUT2D eigenvalue weighted by Gasteiger charge is -2.00. The fourth-order valence-corrected chi connectivity index (χ4v) is 1.90. The number of nitrogens with zero attached hydrogens (tertiary/aromatic N) is 2. The summed E-state index contributed by atoms with van der Waals surface area (Å²) >= 11 is 0. The van der Waals surface area contributed by atoms with Crippen LogP contribution in [0.15, 0.2) is 28.7 Å². The van der Waals surface area contributed by atoms with E-state index in [1.54, 1.807) is 12.1 Å². The van der Waals surface area contributed by atoms with E-state index in [1.807, 2.05) is 0 Å². The number of rotatable bonds is 8. The molecule has 0 saturated carbocycles. The molecule has 0 spiro atoms. The second kappa shape index (κ2) is 7.75. The zero-order valence-corrected chi connectivity index (χ0v) is 11.7. The molecule has 1 heterocycles. The van der Waals surface area contributed by atoms with Crippen LogP contribution in [0.4, 0.5) is 4.39 Å². The third-order valence-electron chi connectivity index (χ3n) is 2.95. The summed E-state index contributed by atoms with van der Waals surface area (Å²) < 4.78 is 18.4. The van der Waals surface area contributed by atoms with Gasteiger partial charge in [0.1, 0.15) is 5.82 Å². The molecule has 2 aromatic rings. The predicted octanol–water partition coefficient (Wildman–Crippen LogP) is 2.73. The molecule has 20 heavy (non-hydrogen) atoms. The Labute approximate surface area is 118 Å². The van der Waals surface area contributed by atoms with Crippen LogP contribution in [0.1, 0.15) is 37.1 Å². The van der Waals surface area contributed by atoms with Crippen molar-refractivity contribution < 1.29 is 8.81 Å². The first-order valence-corrected chi connectivity index (χ1v) is 7.04. The van der Waals surface area contributed by atoms with Gasteiger partial charge in [0.25, 0.3) is 0 Å². The Balaban J connectivity index is 1.78. The van der Waals surface area contributed by atoms with Crippen LogP contribution in [0.25, 0.3) is 0 Å². The van der Waals surface area contributed by atoms with Gasteiger partial charge in [-0.2, -0.15) is 0 Å². The summed E-state index contributed by atoms with van der Waals surface area (Å²) in [7, 11) is 0. The van der Waals surface area contributed by atoms with Gasteiger partial charge in [0.05, 0.1) is 6.42 Å². The summed E-state index contributed by atoms with van der Waals surface area (Å²) in [5, 5.41) is 11.4. The first-order valence-electron chi connectivity index (χ1n) is 7.04. The monoisotopic (exact) mass is 277 g/mol. The van der Waals surface area contributed by atoms with E-state index in [9.17, 15) is 4.39 Å². The van der Waals surface area contributed by atoms with Crippen molar-refractivity contribution in [1.29, 1.82) is 0 Å². The molecule has 0 aliphatic rings. The second-order valence-corrected chi connectivity index (χ2v) is 4.75. The molecule has 1 aromatic carbocycles. The molecule has 0 aliphatic carbocycles. The van der Waals surface area contributed by atoms with Crippen molar-refractivity contribution in [3.05, 3.63) is 47.4 Å². The summed E-state index contributed by atoms with van der Waals surface area (Å²) in [4.78, 5) is 0. The summed E-state index contributed by atoms with van der Waals surface area (Å²) in [5.74, 6) is 1.01. The van der Waals surface area contributed by atoms with Crippen molar-refractivity contribution in [2.24, 2.45) is 0 Å². The molecule has 0 fully saturated rings. The van der Waals surface area contributed by atoms with Crippen LogP contribution in [0, 0.1) is 5.82 Å². The van der Waals surface area contributed by atoms with Gasteiger partial charge in [0.2, 0.25) is 11.8 Å². The van der Waals surface area contributed by atoms with Gasteiger partial charge >= 0.3 is 0 Å². The average molecular weight is 277 g/mol. The normalized spacial score (nSPS) is 10.9. The first-order chi connectivity index (χ1) is 9.78. The molecule has 0 unspecified atom stereocenters. The van der Waals surface area contributed by atoms with Crippen LogP contribution in [-0.2, 0) is 12.8 Å². The number of halogens is 1. The Morgan fingerprint density at radius 1 is 1.10 bits per heavy atom. The number of aromatic nitrogens is 2. The second-order valence-electron chi connectivity index (χ2n) is 4.75. The molecule has 2 rings (SSSR count). The molecule has 0 amide bonds. The Morgan fingerprint density at radius 3 is 2.60 bits per heavy atom. The van der Waals surface area contributed by atoms with Crippen molar-refractivity contribution in [1.82, 2.24) is 15.5 Å². The Morgan fingerprint density at radius 2 is 1.85 bits per heavy atom. The van der Waals surface area contributed by atoms with Crippen LogP contribution in [-0.4, -0.2) is 23.3 Å². The minimum Gasteiger partial charge on any atom is -0.425 e. The SMILES string of the molecule is CCCNCCCc1nnc(Cc2ccc(F)cc2)o1. The molecule has 0 atom stereocenters. The van der Waals surface area contributed by atoms with Crippen LogP contribution in [0.5, 0.6) is 0 Å². The van der Waals surface area contributed by atoms with E-state index in [4.69, 9.17) is 4.42 Å². The van der Waals surface area contributed by atoms with Crippen molar-refractivity contribution in [2.75, 3.05) is 13.1 Å². The predicted molar refractivity (Wildman–Crippen MR) is 75.0 cm³/mol. The Hall–Kier alpha value is -1.75. The Bertz CT molecular complexity index is 510. The molecule has 0 bridgehead atoms. The molecule has 5 heteroatoms. The molecule has 0 saturated heterocycles. The highest BCUT2D eigenvalue weighted by Crippen LogP contribution is 2.10. The van der Waals surface area contributed by atoms with Gasteiger partial charge < -0.3 is 9.73 Å². The van der Waals surface area contributed by atoms with Gasteiger partial charge in [-0.1, -0.05) is 19.1 Å². The largest absolute Gasteiger partial charge is 0.425 e. The molecule has 1 N–H and O–H groups in total. The summed E-state index contributed by atoms with van der Waals surface area (Å²) in [6.45, 7) is 4.15. The van der Waals surface area contributed by atoms with E-state index >= 15 is 0 Å². The maximum atomic E-state index is 12.8. The van der Waals surface area contributed by atoms with Crippen LogP contribution in [0.3, 0.4) is 0 Å². The van der Waals surface area contributed by atoms with Gasteiger partial charge in [-0.15, -0.1) is 10.2 Å². The quantitative estimate of drug-likeness (QED) is 0.754. The van der Waals surface area contributed by atoms with Crippen molar-refractivity contribution in [3.8, 4) is 0 Å². The molecule has 108 valence electrons. The minimum absolute atomic E-state index is 0.237. The van der Waals surface area contributed by atoms with E-state index < -0.39 is 0 Å². The standard InChI is InChI=1S/C15H20FN3O/c1-2-9-17-10-3-4-14-18-19-15(20-14)11-12-5-7-13(16)8-6-12/h5-8,17H,2-4,9-11H2,1H3. The summed E-state index contributed by atoms with van der Waals surface area (Å²) in [6, 6.07) is 6.33. The molecule has 1 aromatic heterocycles. The van der Waals surface area contributed by atoms with Crippen molar-refractivity contribution in [2.45, 2.75) is 32.6 Å². The van der Waals surface area contributed by atoms with Crippen LogP contribution < -0.4 is 5.32 Å². The van der Waals surface area contributed by atoms with Gasteiger partial charge in [-0.25, -0.2) is 4.39 Å². The van der Waals surface area contributed by atoms with E-state index in [1.165, 1.54) is 12.1 Å². The van der Waals surface area contributed by atoms with Gasteiger partial charge in [-0.05, 0) is 43.6 Å². The fourth-order valence-electron chi connectivity index (χ4n) is 1.90. The van der Waals surface area contributed by atoms with E-state index in [-0.39, 0.29) is 5.82 Å². The number of aryl methyl sites for hydroxylation is 1. The van der Waals surface area contributed by atoms with Crippen molar-refractivity contribution in [3.63, 3.8) is 0 Å². The lowest BCUT2D eigenvalue weighted by atomic mass is 10.1. The zero-order valence-electron chi connectivity index (χ0n) is 11.7. The molecular formula is C15H20FN3O. The number of benzene rings is 1. The first kappa shape index (κ1) is 14.7. The fraction of sp³-hybridized carbons (Fsp3) is 0.467. The van der Waals surface area contributed by atoms with E-state index in [0.717, 1.165) is 37.9 Å². The molecule has 0 radical (unpaired) electrons.